The van der Waals surface area contributed by atoms with Gasteiger partial charge in [0.15, 0.2) is 0 Å². The summed E-state index contributed by atoms with van der Waals surface area (Å²) in [6, 6.07) is 8.39. The van der Waals surface area contributed by atoms with Gasteiger partial charge in [-0.3, -0.25) is 0 Å². The lowest BCUT2D eigenvalue weighted by molar-refractivity contribution is -0.0351. The Labute approximate surface area is 124 Å². The van der Waals surface area contributed by atoms with Crippen LogP contribution in [0.15, 0.2) is 28.7 Å². The molecule has 2 aliphatic rings. The molecule has 1 unspecified atom stereocenters. The molecule has 2 nitrogen and oxygen atoms in total. The molecule has 1 aliphatic heterocycles. The molecule has 0 radical (unpaired) electrons. The van der Waals surface area contributed by atoms with Crippen molar-refractivity contribution in [3.05, 3.63) is 34.3 Å². The van der Waals surface area contributed by atoms with Gasteiger partial charge in [-0.15, -0.1) is 0 Å². The molecule has 1 atom stereocenters. The van der Waals surface area contributed by atoms with Crippen LogP contribution in [0.25, 0.3) is 0 Å². The van der Waals surface area contributed by atoms with Crippen LogP contribution in [0.3, 0.4) is 0 Å². The molecular weight excluding hydrogens is 302 g/mol. The Kier molecular flexibility index (Phi) is 4.25. The van der Waals surface area contributed by atoms with Crippen LogP contribution in [-0.4, -0.2) is 18.2 Å². The largest absolute Gasteiger partial charge is 0.370 e. The number of hydrogen-bond donors (Lipinski definition) is 1. The Morgan fingerprint density at radius 1 is 1.21 bits per heavy atom. The summed E-state index contributed by atoms with van der Waals surface area (Å²) in [5.74, 6) is 0. The van der Waals surface area contributed by atoms with Gasteiger partial charge in [0.05, 0.1) is 11.7 Å². The van der Waals surface area contributed by atoms with Crippen LogP contribution in [0.1, 0.15) is 44.1 Å². The number of hydrogen-bond acceptors (Lipinski definition) is 2. The minimum atomic E-state index is 0.264. The van der Waals surface area contributed by atoms with Crippen LogP contribution in [0.5, 0.6) is 0 Å². The van der Waals surface area contributed by atoms with Crippen LogP contribution in [-0.2, 0) is 11.3 Å². The summed E-state index contributed by atoms with van der Waals surface area (Å²) in [5, 5.41) is 3.54. The first-order valence-electron chi connectivity index (χ1n) is 7.39. The Bertz CT molecular complexity index is 429. The molecule has 0 amide bonds. The molecule has 19 heavy (non-hydrogen) atoms. The molecule has 1 aliphatic carbocycles. The summed E-state index contributed by atoms with van der Waals surface area (Å²) >= 11 is 3.59. The van der Waals surface area contributed by atoms with Crippen molar-refractivity contribution in [2.75, 3.05) is 6.54 Å². The van der Waals surface area contributed by atoms with Crippen molar-refractivity contribution in [3.63, 3.8) is 0 Å². The van der Waals surface area contributed by atoms with E-state index in [9.17, 15) is 0 Å². The predicted octanol–water partition coefficient (Wildman–Crippen LogP) is 4.03. The van der Waals surface area contributed by atoms with Crippen LogP contribution < -0.4 is 5.32 Å². The molecule has 2 fully saturated rings. The molecule has 3 rings (SSSR count). The highest BCUT2D eigenvalue weighted by Gasteiger charge is 2.41. The maximum absolute atomic E-state index is 6.30. The second-order valence-corrected chi connectivity index (χ2v) is 6.75. The Morgan fingerprint density at radius 3 is 2.79 bits per heavy atom. The van der Waals surface area contributed by atoms with Gasteiger partial charge >= 0.3 is 0 Å². The molecular formula is C16H22BrNO. The van der Waals surface area contributed by atoms with Gasteiger partial charge in [0.25, 0.3) is 0 Å². The predicted molar refractivity (Wildman–Crippen MR) is 81.2 cm³/mol. The average Bonchev–Trinajstić information content (AvgIpc) is 3.03. The average molecular weight is 324 g/mol. The Morgan fingerprint density at radius 2 is 2.00 bits per heavy atom. The van der Waals surface area contributed by atoms with E-state index in [1.165, 1.54) is 48.6 Å². The van der Waals surface area contributed by atoms with E-state index in [-0.39, 0.29) is 5.60 Å². The zero-order chi connectivity index (χ0) is 13.1. The molecule has 0 aromatic heterocycles. The monoisotopic (exact) mass is 323 g/mol. The number of ether oxygens (including phenoxy) is 1. The van der Waals surface area contributed by atoms with Crippen molar-refractivity contribution in [3.8, 4) is 0 Å². The number of benzene rings is 1. The van der Waals surface area contributed by atoms with Gasteiger partial charge < -0.3 is 10.1 Å². The van der Waals surface area contributed by atoms with Gasteiger partial charge in [-0.05, 0) is 37.3 Å². The SMILES string of the molecule is Brc1ccccc1CNCC1CCC2(CCCC2)O1. The minimum Gasteiger partial charge on any atom is -0.370 e. The van der Waals surface area contributed by atoms with E-state index < -0.39 is 0 Å². The van der Waals surface area contributed by atoms with Gasteiger partial charge in [0.1, 0.15) is 0 Å². The molecule has 0 bridgehead atoms. The summed E-state index contributed by atoms with van der Waals surface area (Å²) in [4.78, 5) is 0. The normalized spacial score (nSPS) is 25.2. The first-order chi connectivity index (χ1) is 9.27. The molecule has 1 aromatic carbocycles. The molecule has 104 valence electrons. The van der Waals surface area contributed by atoms with E-state index in [4.69, 9.17) is 4.74 Å². The quantitative estimate of drug-likeness (QED) is 0.903. The van der Waals surface area contributed by atoms with E-state index in [1.807, 2.05) is 0 Å². The molecule has 1 saturated heterocycles. The van der Waals surface area contributed by atoms with Crippen molar-refractivity contribution in [2.45, 2.75) is 56.8 Å². The second-order valence-electron chi connectivity index (χ2n) is 5.89. The van der Waals surface area contributed by atoms with Gasteiger partial charge in [-0.25, -0.2) is 0 Å². The Hall–Kier alpha value is -0.380. The highest BCUT2D eigenvalue weighted by Crippen LogP contribution is 2.43. The van der Waals surface area contributed by atoms with E-state index in [0.717, 1.165) is 13.1 Å². The van der Waals surface area contributed by atoms with Crippen molar-refractivity contribution < 1.29 is 4.74 Å². The van der Waals surface area contributed by atoms with Gasteiger partial charge in [0.2, 0.25) is 0 Å². The maximum atomic E-state index is 6.30. The highest BCUT2D eigenvalue weighted by atomic mass is 79.9. The third kappa shape index (κ3) is 3.21. The summed E-state index contributed by atoms with van der Waals surface area (Å²) in [5.41, 5.74) is 1.58. The third-order valence-corrected chi connectivity index (χ3v) is 5.27. The van der Waals surface area contributed by atoms with Gasteiger partial charge in [-0.1, -0.05) is 47.0 Å². The zero-order valence-electron chi connectivity index (χ0n) is 11.3. The lowest BCUT2D eigenvalue weighted by Gasteiger charge is -2.24. The fourth-order valence-electron chi connectivity index (χ4n) is 3.44. The number of halogens is 1. The van der Waals surface area contributed by atoms with E-state index in [0.29, 0.717) is 6.10 Å². The summed E-state index contributed by atoms with van der Waals surface area (Å²) in [7, 11) is 0. The highest BCUT2D eigenvalue weighted by molar-refractivity contribution is 9.10. The van der Waals surface area contributed by atoms with Crippen LogP contribution in [0.2, 0.25) is 0 Å². The first kappa shape index (κ1) is 13.6. The molecule has 1 N–H and O–H groups in total. The van der Waals surface area contributed by atoms with Crippen molar-refractivity contribution in [2.24, 2.45) is 0 Å². The van der Waals surface area contributed by atoms with Crippen molar-refractivity contribution in [1.29, 1.82) is 0 Å². The zero-order valence-corrected chi connectivity index (χ0v) is 12.9. The first-order valence-corrected chi connectivity index (χ1v) is 8.19. The van der Waals surface area contributed by atoms with E-state index in [2.05, 4.69) is 45.5 Å². The lowest BCUT2D eigenvalue weighted by Crippen LogP contribution is -2.30. The lowest BCUT2D eigenvalue weighted by atomic mass is 9.98. The van der Waals surface area contributed by atoms with Crippen LogP contribution in [0.4, 0.5) is 0 Å². The number of nitrogens with one attached hydrogen (secondary N) is 1. The molecule has 1 aromatic rings. The van der Waals surface area contributed by atoms with Crippen LogP contribution >= 0.6 is 15.9 Å². The van der Waals surface area contributed by atoms with Gasteiger partial charge in [0, 0.05) is 17.6 Å². The van der Waals surface area contributed by atoms with Crippen molar-refractivity contribution in [1.82, 2.24) is 5.32 Å². The molecule has 1 saturated carbocycles. The van der Waals surface area contributed by atoms with E-state index >= 15 is 0 Å². The standard InChI is InChI=1S/C16H22BrNO/c17-15-6-2-1-5-13(15)11-18-12-14-7-10-16(19-14)8-3-4-9-16/h1-2,5-6,14,18H,3-4,7-12H2. The van der Waals surface area contributed by atoms with Crippen molar-refractivity contribution >= 4 is 15.9 Å². The third-order valence-electron chi connectivity index (χ3n) is 4.50. The molecule has 1 spiro atoms. The number of rotatable bonds is 4. The summed E-state index contributed by atoms with van der Waals surface area (Å²) < 4.78 is 7.49. The fourth-order valence-corrected chi connectivity index (χ4v) is 3.86. The maximum Gasteiger partial charge on any atom is 0.0708 e. The smallest absolute Gasteiger partial charge is 0.0708 e. The second kappa shape index (κ2) is 5.94. The van der Waals surface area contributed by atoms with Gasteiger partial charge in [-0.2, -0.15) is 0 Å². The molecule has 1 heterocycles. The summed E-state index contributed by atoms with van der Waals surface area (Å²) in [6.07, 6.45) is 8.20. The fraction of sp³-hybridized carbons (Fsp3) is 0.625. The van der Waals surface area contributed by atoms with Crippen LogP contribution in [0, 0.1) is 0 Å². The summed E-state index contributed by atoms with van der Waals surface area (Å²) in [6.45, 7) is 1.89. The Balaban J connectivity index is 1.45. The topological polar surface area (TPSA) is 21.3 Å². The van der Waals surface area contributed by atoms with E-state index in [1.54, 1.807) is 0 Å². The molecule has 3 heteroatoms. The minimum absolute atomic E-state index is 0.264.